The summed E-state index contributed by atoms with van der Waals surface area (Å²) in [6, 6.07) is 14.1. The Kier molecular flexibility index (Phi) is 11.7. The highest BCUT2D eigenvalue weighted by atomic mass is 32.2. The molecule has 0 aromatic heterocycles. The summed E-state index contributed by atoms with van der Waals surface area (Å²) in [7, 11) is 0. The summed E-state index contributed by atoms with van der Waals surface area (Å²) >= 11 is 2.85. The summed E-state index contributed by atoms with van der Waals surface area (Å²) < 4.78 is 65.2. The van der Waals surface area contributed by atoms with Crippen LogP contribution in [-0.2, 0) is 6.42 Å². The summed E-state index contributed by atoms with van der Waals surface area (Å²) in [4.78, 5) is 0. The molecular formula is C33H38F4OS2. The third-order valence-electron chi connectivity index (χ3n) is 7.37. The Bertz CT molecular complexity index is 1240. The van der Waals surface area contributed by atoms with Crippen molar-refractivity contribution in [3.05, 3.63) is 88.5 Å². The van der Waals surface area contributed by atoms with Gasteiger partial charge in [0, 0.05) is 28.6 Å². The van der Waals surface area contributed by atoms with Crippen LogP contribution in [0.3, 0.4) is 0 Å². The SMILES string of the molecule is CCCCCCOc1ccc(C2SCC(c3ccc(-c4ccc(CCCCC)cc4)c(F)c3F)CS2)c(F)c1F. The van der Waals surface area contributed by atoms with Crippen LogP contribution in [0.1, 0.15) is 86.0 Å². The van der Waals surface area contributed by atoms with Gasteiger partial charge in [-0.25, -0.2) is 13.2 Å². The molecule has 3 aromatic carbocycles. The maximum Gasteiger partial charge on any atom is 0.200 e. The van der Waals surface area contributed by atoms with E-state index < -0.39 is 23.3 Å². The van der Waals surface area contributed by atoms with Crippen molar-refractivity contribution in [3.63, 3.8) is 0 Å². The molecule has 0 aliphatic carbocycles. The molecule has 0 saturated carbocycles. The lowest BCUT2D eigenvalue weighted by Crippen LogP contribution is -2.16. The van der Waals surface area contributed by atoms with Gasteiger partial charge in [0.2, 0.25) is 5.82 Å². The fourth-order valence-corrected chi connectivity index (χ4v) is 8.08. The average Bonchev–Trinajstić information content (AvgIpc) is 2.97. The molecule has 0 unspecified atom stereocenters. The molecule has 0 spiro atoms. The Morgan fingerprint density at radius 2 is 1.32 bits per heavy atom. The van der Waals surface area contributed by atoms with Crippen LogP contribution in [0.25, 0.3) is 11.1 Å². The van der Waals surface area contributed by atoms with Gasteiger partial charge < -0.3 is 4.74 Å². The number of thioether (sulfide) groups is 2. The van der Waals surface area contributed by atoms with Crippen molar-refractivity contribution >= 4 is 23.5 Å². The molecule has 4 rings (SSSR count). The molecule has 0 bridgehead atoms. The van der Waals surface area contributed by atoms with Crippen LogP contribution in [-0.4, -0.2) is 18.1 Å². The van der Waals surface area contributed by atoms with E-state index >= 15 is 8.78 Å². The Morgan fingerprint density at radius 3 is 2.02 bits per heavy atom. The summed E-state index contributed by atoms with van der Waals surface area (Å²) in [6.45, 7) is 4.63. The summed E-state index contributed by atoms with van der Waals surface area (Å²) in [5.74, 6) is -2.85. The van der Waals surface area contributed by atoms with Gasteiger partial charge >= 0.3 is 0 Å². The minimum atomic E-state index is -0.964. The zero-order valence-electron chi connectivity index (χ0n) is 23.3. The van der Waals surface area contributed by atoms with Gasteiger partial charge in [-0.1, -0.05) is 88.4 Å². The van der Waals surface area contributed by atoms with Crippen LogP contribution in [0.5, 0.6) is 5.75 Å². The van der Waals surface area contributed by atoms with Crippen molar-refractivity contribution in [3.8, 4) is 16.9 Å². The highest BCUT2D eigenvalue weighted by Crippen LogP contribution is 2.50. The van der Waals surface area contributed by atoms with Gasteiger partial charge in [-0.2, -0.15) is 4.39 Å². The molecule has 0 atom stereocenters. The number of halogens is 4. The first-order chi connectivity index (χ1) is 19.4. The Hall–Kier alpha value is -2.12. The molecule has 216 valence electrons. The number of unbranched alkanes of at least 4 members (excludes halogenated alkanes) is 5. The summed E-state index contributed by atoms with van der Waals surface area (Å²) in [6.07, 6.45) is 8.41. The van der Waals surface area contributed by atoms with Crippen LogP contribution in [0.15, 0.2) is 48.5 Å². The van der Waals surface area contributed by atoms with Gasteiger partial charge in [0.25, 0.3) is 0 Å². The van der Waals surface area contributed by atoms with Crippen LogP contribution in [0.4, 0.5) is 17.6 Å². The quantitative estimate of drug-likeness (QED) is 0.145. The number of hydrogen-bond acceptors (Lipinski definition) is 3. The van der Waals surface area contributed by atoms with Crippen LogP contribution in [0, 0.1) is 23.3 Å². The standard InChI is InChI=1S/C33H38F4OS2/c1-3-5-7-9-19-38-28-18-17-27(31(36)32(28)37)33-39-20-24(21-40-33)26-16-15-25(29(34)30(26)35)23-13-11-22(12-14-23)10-8-6-4-2/h11-18,24,33H,3-10,19-21H2,1-2H3. The molecule has 1 saturated heterocycles. The average molecular weight is 591 g/mol. The molecule has 1 aliphatic heterocycles. The molecular weight excluding hydrogens is 552 g/mol. The lowest BCUT2D eigenvalue weighted by atomic mass is 9.96. The molecule has 0 N–H and O–H groups in total. The fourth-order valence-electron chi connectivity index (χ4n) is 4.95. The summed E-state index contributed by atoms with van der Waals surface area (Å²) in [5.41, 5.74) is 2.70. The lowest BCUT2D eigenvalue weighted by Gasteiger charge is -2.29. The first kappa shape index (κ1) is 30.8. The minimum absolute atomic E-state index is 0.0646. The number of rotatable bonds is 13. The van der Waals surface area contributed by atoms with Crippen LogP contribution < -0.4 is 4.74 Å². The van der Waals surface area contributed by atoms with E-state index in [1.54, 1.807) is 18.2 Å². The Labute approximate surface area is 244 Å². The number of ether oxygens (including phenoxy) is 1. The zero-order chi connectivity index (χ0) is 28.5. The first-order valence-corrected chi connectivity index (χ1v) is 16.4. The highest BCUT2D eigenvalue weighted by Gasteiger charge is 2.30. The zero-order valence-corrected chi connectivity index (χ0v) is 24.9. The second-order valence-electron chi connectivity index (χ2n) is 10.4. The van der Waals surface area contributed by atoms with Crippen molar-refractivity contribution < 1.29 is 22.3 Å². The maximum absolute atomic E-state index is 15.3. The molecule has 0 radical (unpaired) electrons. The van der Waals surface area contributed by atoms with E-state index in [-0.39, 0.29) is 27.4 Å². The maximum atomic E-state index is 15.3. The van der Waals surface area contributed by atoms with Gasteiger partial charge in [-0.15, -0.1) is 23.5 Å². The largest absolute Gasteiger partial charge is 0.490 e. The molecule has 1 fully saturated rings. The van der Waals surface area contributed by atoms with E-state index in [1.807, 2.05) is 24.3 Å². The molecule has 1 aliphatic rings. The summed E-state index contributed by atoms with van der Waals surface area (Å²) in [5, 5.41) is 0. The molecule has 1 heterocycles. The van der Waals surface area contributed by atoms with E-state index in [9.17, 15) is 8.78 Å². The molecule has 1 nitrogen and oxygen atoms in total. The van der Waals surface area contributed by atoms with E-state index in [0.717, 1.165) is 44.9 Å². The Morgan fingerprint density at radius 1 is 0.675 bits per heavy atom. The van der Waals surface area contributed by atoms with E-state index in [4.69, 9.17) is 4.74 Å². The van der Waals surface area contributed by atoms with Crippen LogP contribution >= 0.6 is 23.5 Å². The topological polar surface area (TPSA) is 9.23 Å². The fraction of sp³-hybridized carbons (Fsp3) is 0.455. The second kappa shape index (κ2) is 15.2. The molecule has 40 heavy (non-hydrogen) atoms. The minimum Gasteiger partial charge on any atom is -0.490 e. The number of hydrogen-bond donors (Lipinski definition) is 0. The van der Waals surface area contributed by atoms with Crippen molar-refractivity contribution in [2.45, 2.75) is 75.7 Å². The van der Waals surface area contributed by atoms with E-state index in [1.165, 1.54) is 41.6 Å². The lowest BCUT2D eigenvalue weighted by molar-refractivity contribution is 0.285. The highest BCUT2D eigenvalue weighted by molar-refractivity contribution is 8.17. The van der Waals surface area contributed by atoms with Gasteiger partial charge in [0.15, 0.2) is 23.2 Å². The van der Waals surface area contributed by atoms with Gasteiger partial charge in [-0.05, 0) is 42.0 Å². The van der Waals surface area contributed by atoms with Crippen molar-refractivity contribution in [1.29, 1.82) is 0 Å². The smallest absolute Gasteiger partial charge is 0.200 e. The number of aryl methyl sites for hydroxylation is 1. The Balaban J connectivity index is 1.38. The number of benzene rings is 3. The molecule has 3 aromatic rings. The normalized spacial score (nSPS) is 17.2. The second-order valence-corrected chi connectivity index (χ2v) is 12.9. The molecule has 0 amide bonds. The van der Waals surface area contributed by atoms with Crippen molar-refractivity contribution in [1.82, 2.24) is 0 Å². The molecule has 7 heteroatoms. The van der Waals surface area contributed by atoms with Gasteiger partial charge in [0.1, 0.15) is 0 Å². The predicted molar refractivity (Wildman–Crippen MR) is 161 cm³/mol. The first-order valence-electron chi connectivity index (χ1n) is 14.4. The monoisotopic (exact) mass is 590 g/mol. The van der Waals surface area contributed by atoms with Crippen LogP contribution in [0.2, 0.25) is 0 Å². The van der Waals surface area contributed by atoms with Crippen molar-refractivity contribution in [2.75, 3.05) is 18.1 Å². The van der Waals surface area contributed by atoms with Gasteiger partial charge in [0.05, 0.1) is 11.2 Å². The van der Waals surface area contributed by atoms with Crippen molar-refractivity contribution in [2.24, 2.45) is 0 Å². The third kappa shape index (κ3) is 7.58. The van der Waals surface area contributed by atoms with E-state index in [2.05, 4.69) is 13.8 Å². The van der Waals surface area contributed by atoms with Gasteiger partial charge in [-0.3, -0.25) is 0 Å². The third-order valence-corrected chi connectivity index (χ3v) is 10.5. The predicted octanol–water partition coefficient (Wildman–Crippen LogP) is 10.9. The van der Waals surface area contributed by atoms with E-state index in [0.29, 0.717) is 29.2 Å².